The first kappa shape index (κ1) is 17.9. The smallest absolute Gasteiger partial charge is 0.261 e. The summed E-state index contributed by atoms with van der Waals surface area (Å²) in [7, 11) is 3.78. The summed E-state index contributed by atoms with van der Waals surface area (Å²) in [4.78, 5) is 31.3. The molecule has 0 aliphatic carbocycles. The SMILES string of the molecule is Cc1nc2ccccc2c(=O)n1CC(=O)Nc1ccc(N(C)C)c(Cl)c1. The molecule has 0 saturated heterocycles. The van der Waals surface area contributed by atoms with E-state index in [4.69, 9.17) is 11.6 Å². The monoisotopic (exact) mass is 370 g/mol. The first-order valence-electron chi connectivity index (χ1n) is 8.09. The molecular weight excluding hydrogens is 352 g/mol. The summed E-state index contributed by atoms with van der Waals surface area (Å²) < 4.78 is 1.37. The largest absolute Gasteiger partial charge is 0.376 e. The summed E-state index contributed by atoms with van der Waals surface area (Å²) in [5, 5.41) is 3.80. The molecule has 0 fully saturated rings. The second-order valence-corrected chi connectivity index (χ2v) is 6.58. The lowest BCUT2D eigenvalue weighted by Crippen LogP contribution is -2.30. The van der Waals surface area contributed by atoms with Gasteiger partial charge >= 0.3 is 0 Å². The predicted molar refractivity (Wildman–Crippen MR) is 105 cm³/mol. The number of benzene rings is 2. The third-order valence-corrected chi connectivity index (χ3v) is 4.37. The van der Waals surface area contributed by atoms with Gasteiger partial charge in [-0.3, -0.25) is 14.2 Å². The van der Waals surface area contributed by atoms with Crippen LogP contribution in [0.1, 0.15) is 5.82 Å². The summed E-state index contributed by atoms with van der Waals surface area (Å²) in [6.45, 7) is 1.60. The zero-order chi connectivity index (χ0) is 18.8. The number of aryl methyl sites for hydroxylation is 1. The molecule has 26 heavy (non-hydrogen) atoms. The number of carbonyl (C=O) groups is 1. The standard InChI is InChI=1S/C19H19ClN4O2/c1-12-21-16-7-5-4-6-14(16)19(26)24(12)11-18(25)22-13-8-9-17(23(2)3)15(20)10-13/h4-10H,11H2,1-3H3,(H,22,25). The molecular formula is C19H19ClN4O2. The van der Waals surface area contributed by atoms with E-state index in [0.29, 0.717) is 27.4 Å². The van der Waals surface area contributed by atoms with Crippen LogP contribution >= 0.6 is 11.6 Å². The quantitative estimate of drug-likeness (QED) is 0.766. The summed E-state index contributed by atoms with van der Waals surface area (Å²) >= 11 is 6.23. The van der Waals surface area contributed by atoms with Gasteiger partial charge in [0.2, 0.25) is 5.91 Å². The second kappa shape index (κ2) is 7.17. The number of anilines is 2. The second-order valence-electron chi connectivity index (χ2n) is 6.18. The van der Waals surface area contributed by atoms with Gasteiger partial charge in [0.05, 0.1) is 21.6 Å². The molecule has 7 heteroatoms. The average Bonchev–Trinajstić information content (AvgIpc) is 2.58. The van der Waals surface area contributed by atoms with Gasteiger partial charge in [-0.1, -0.05) is 23.7 Å². The van der Waals surface area contributed by atoms with Crippen LogP contribution in [0.5, 0.6) is 0 Å². The van der Waals surface area contributed by atoms with Gasteiger partial charge in [0.25, 0.3) is 5.56 Å². The van der Waals surface area contributed by atoms with Gasteiger partial charge in [0.15, 0.2) is 0 Å². The third-order valence-electron chi connectivity index (χ3n) is 4.07. The van der Waals surface area contributed by atoms with E-state index in [9.17, 15) is 9.59 Å². The summed E-state index contributed by atoms with van der Waals surface area (Å²) in [6.07, 6.45) is 0. The Bertz CT molecular complexity index is 1040. The molecule has 0 saturated carbocycles. The Balaban J connectivity index is 1.84. The Kier molecular flexibility index (Phi) is 4.95. The van der Waals surface area contributed by atoms with Crippen molar-refractivity contribution in [3.05, 3.63) is 63.7 Å². The predicted octanol–water partition coefficient (Wildman–Crippen LogP) is 3.06. The Labute approximate surface area is 156 Å². The van der Waals surface area contributed by atoms with E-state index in [2.05, 4.69) is 10.3 Å². The molecule has 0 atom stereocenters. The first-order valence-corrected chi connectivity index (χ1v) is 8.47. The molecule has 0 unspecified atom stereocenters. The van der Waals surface area contributed by atoms with Gasteiger partial charge in [-0.05, 0) is 37.3 Å². The molecule has 6 nitrogen and oxygen atoms in total. The summed E-state index contributed by atoms with van der Waals surface area (Å²) in [5.74, 6) is 0.172. The highest BCUT2D eigenvalue weighted by atomic mass is 35.5. The van der Waals surface area contributed by atoms with Crippen molar-refractivity contribution in [1.29, 1.82) is 0 Å². The fourth-order valence-corrected chi connectivity index (χ4v) is 3.11. The zero-order valence-electron chi connectivity index (χ0n) is 14.8. The Morgan fingerprint density at radius 2 is 1.96 bits per heavy atom. The fourth-order valence-electron chi connectivity index (χ4n) is 2.76. The summed E-state index contributed by atoms with van der Waals surface area (Å²) in [5.41, 5.74) is 1.82. The topological polar surface area (TPSA) is 67.2 Å². The van der Waals surface area contributed by atoms with Crippen LogP contribution in [0, 0.1) is 6.92 Å². The highest BCUT2D eigenvalue weighted by molar-refractivity contribution is 6.33. The number of fused-ring (bicyclic) bond motifs is 1. The van der Waals surface area contributed by atoms with Gasteiger partial charge in [0.1, 0.15) is 12.4 Å². The van der Waals surface area contributed by atoms with Gasteiger partial charge in [-0.2, -0.15) is 0 Å². The molecule has 0 bridgehead atoms. The molecule has 0 radical (unpaired) electrons. The molecule has 1 amide bonds. The van der Waals surface area contributed by atoms with Crippen molar-refractivity contribution in [1.82, 2.24) is 9.55 Å². The zero-order valence-corrected chi connectivity index (χ0v) is 15.5. The van der Waals surface area contributed by atoms with Crippen molar-refractivity contribution in [2.24, 2.45) is 0 Å². The van der Waals surface area contributed by atoms with E-state index < -0.39 is 0 Å². The van der Waals surface area contributed by atoms with Gasteiger partial charge in [-0.25, -0.2) is 4.98 Å². The first-order chi connectivity index (χ1) is 12.4. The minimum atomic E-state index is -0.319. The van der Waals surface area contributed by atoms with Crippen molar-refractivity contribution in [2.75, 3.05) is 24.3 Å². The Hall–Kier alpha value is -2.86. The number of rotatable bonds is 4. The molecule has 0 aliphatic heterocycles. The molecule has 0 aliphatic rings. The van der Waals surface area contributed by atoms with Crippen molar-refractivity contribution < 1.29 is 4.79 Å². The van der Waals surface area contributed by atoms with E-state index in [1.807, 2.05) is 31.1 Å². The average molecular weight is 371 g/mol. The Morgan fingerprint density at radius 3 is 2.65 bits per heavy atom. The van der Waals surface area contributed by atoms with Crippen molar-refractivity contribution in [2.45, 2.75) is 13.5 Å². The van der Waals surface area contributed by atoms with Crippen LogP contribution in [0.4, 0.5) is 11.4 Å². The lowest BCUT2D eigenvalue weighted by atomic mass is 10.2. The minimum Gasteiger partial charge on any atom is -0.376 e. The minimum absolute atomic E-state index is 0.116. The number of aromatic nitrogens is 2. The Morgan fingerprint density at radius 1 is 1.23 bits per heavy atom. The van der Waals surface area contributed by atoms with Gasteiger partial charge in [0, 0.05) is 19.8 Å². The lowest BCUT2D eigenvalue weighted by Gasteiger charge is -2.16. The number of amides is 1. The van der Waals surface area contributed by atoms with Crippen LogP contribution in [0.3, 0.4) is 0 Å². The maximum Gasteiger partial charge on any atom is 0.261 e. The molecule has 3 aromatic rings. The van der Waals surface area contributed by atoms with E-state index in [1.165, 1.54) is 4.57 Å². The van der Waals surface area contributed by atoms with Crippen LogP contribution in [0.25, 0.3) is 10.9 Å². The molecule has 1 heterocycles. The van der Waals surface area contributed by atoms with Crippen molar-refractivity contribution in [3.63, 3.8) is 0 Å². The molecule has 1 aromatic heterocycles. The summed E-state index contributed by atoms with van der Waals surface area (Å²) in [6, 6.07) is 12.4. The maximum atomic E-state index is 12.6. The number of nitrogens with one attached hydrogen (secondary N) is 1. The van der Waals surface area contributed by atoms with E-state index in [0.717, 1.165) is 5.69 Å². The molecule has 2 aromatic carbocycles. The number of nitrogens with zero attached hydrogens (tertiary/aromatic N) is 3. The van der Waals surface area contributed by atoms with Crippen molar-refractivity contribution in [3.8, 4) is 0 Å². The molecule has 134 valence electrons. The maximum absolute atomic E-state index is 12.6. The molecule has 0 spiro atoms. The van der Waals surface area contributed by atoms with E-state index in [-0.39, 0.29) is 18.0 Å². The number of para-hydroxylation sites is 1. The third kappa shape index (κ3) is 3.55. The fraction of sp³-hybridized carbons (Fsp3) is 0.211. The van der Waals surface area contributed by atoms with E-state index in [1.54, 1.807) is 37.3 Å². The highest BCUT2D eigenvalue weighted by Gasteiger charge is 2.12. The normalized spacial score (nSPS) is 10.8. The van der Waals surface area contributed by atoms with Crippen LogP contribution in [0.2, 0.25) is 5.02 Å². The number of carbonyl (C=O) groups excluding carboxylic acids is 1. The van der Waals surface area contributed by atoms with E-state index >= 15 is 0 Å². The number of halogens is 1. The van der Waals surface area contributed by atoms with Gasteiger partial charge < -0.3 is 10.2 Å². The van der Waals surface area contributed by atoms with Crippen LogP contribution < -0.4 is 15.8 Å². The van der Waals surface area contributed by atoms with Crippen LogP contribution in [0.15, 0.2) is 47.3 Å². The van der Waals surface area contributed by atoms with Crippen molar-refractivity contribution >= 4 is 39.8 Å². The van der Waals surface area contributed by atoms with Gasteiger partial charge in [-0.15, -0.1) is 0 Å². The lowest BCUT2D eigenvalue weighted by molar-refractivity contribution is -0.116. The van der Waals surface area contributed by atoms with Crippen LogP contribution in [-0.2, 0) is 11.3 Å². The highest BCUT2D eigenvalue weighted by Crippen LogP contribution is 2.27. The molecule has 3 rings (SSSR count). The number of hydrogen-bond acceptors (Lipinski definition) is 4. The van der Waals surface area contributed by atoms with Crippen LogP contribution in [-0.4, -0.2) is 29.6 Å². The number of hydrogen-bond donors (Lipinski definition) is 1. The molecule has 1 N–H and O–H groups in total.